The van der Waals surface area contributed by atoms with E-state index in [9.17, 15) is 4.79 Å². The van der Waals surface area contributed by atoms with Crippen molar-refractivity contribution >= 4 is 29.0 Å². The summed E-state index contributed by atoms with van der Waals surface area (Å²) in [5, 5.41) is 1.12. The van der Waals surface area contributed by atoms with Crippen molar-refractivity contribution in [2.24, 2.45) is 0 Å². The lowest BCUT2D eigenvalue weighted by atomic mass is 10.0. The molecule has 0 saturated heterocycles. The molecule has 0 spiro atoms. The van der Waals surface area contributed by atoms with E-state index in [1.807, 2.05) is 0 Å². The molecule has 0 radical (unpaired) electrons. The standard InChI is InChI=1S/C13H12Cl2O/c1-2-3-4-5-12(16)8-10-6-7-11(14)9-13(10)15/h1,6-7,9H,3-5,8H2. The lowest BCUT2D eigenvalue weighted by molar-refractivity contribution is -0.118. The summed E-state index contributed by atoms with van der Waals surface area (Å²) in [6.45, 7) is 0. The lowest BCUT2D eigenvalue weighted by Gasteiger charge is -2.03. The first-order valence-corrected chi connectivity index (χ1v) is 5.78. The van der Waals surface area contributed by atoms with Crippen LogP contribution in [0.3, 0.4) is 0 Å². The summed E-state index contributed by atoms with van der Waals surface area (Å²) in [5.41, 5.74) is 0.816. The van der Waals surface area contributed by atoms with Crippen LogP contribution >= 0.6 is 23.2 Å². The third-order valence-electron chi connectivity index (χ3n) is 2.18. The Morgan fingerprint density at radius 2 is 2.12 bits per heavy atom. The Balaban J connectivity index is 2.53. The van der Waals surface area contributed by atoms with Crippen molar-refractivity contribution in [2.75, 3.05) is 0 Å². The highest BCUT2D eigenvalue weighted by Gasteiger charge is 2.07. The SMILES string of the molecule is C#CCCCC(=O)Cc1ccc(Cl)cc1Cl. The molecule has 1 aromatic rings. The largest absolute Gasteiger partial charge is 0.299 e. The van der Waals surface area contributed by atoms with Gasteiger partial charge in [-0.2, -0.15) is 0 Å². The van der Waals surface area contributed by atoms with Gasteiger partial charge < -0.3 is 0 Å². The highest BCUT2D eigenvalue weighted by molar-refractivity contribution is 6.35. The van der Waals surface area contributed by atoms with E-state index in [4.69, 9.17) is 29.6 Å². The quantitative estimate of drug-likeness (QED) is 0.576. The Morgan fingerprint density at radius 1 is 1.38 bits per heavy atom. The minimum atomic E-state index is 0.152. The summed E-state index contributed by atoms with van der Waals surface area (Å²) in [4.78, 5) is 11.6. The first-order chi connectivity index (χ1) is 7.63. The molecule has 0 amide bonds. The molecule has 0 heterocycles. The minimum absolute atomic E-state index is 0.152. The summed E-state index contributed by atoms with van der Waals surface area (Å²) in [5.74, 6) is 2.66. The molecule has 0 aliphatic rings. The number of unbranched alkanes of at least 4 members (excludes halogenated alkanes) is 1. The van der Waals surface area contributed by atoms with Gasteiger partial charge in [0.25, 0.3) is 0 Å². The number of ketones is 1. The maximum absolute atomic E-state index is 11.6. The molecule has 1 rings (SSSR count). The van der Waals surface area contributed by atoms with Crippen molar-refractivity contribution in [3.63, 3.8) is 0 Å². The molecule has 0 aliphatic heterocycles. The summed E-state index contributed by atoms with van der Waals surface area (Å²) in [7, 11) is 0. The Bertz CT molecular complexity index is 418. The fourth-order valence-corrected chi connectivity index (χ4v) is 1.83. The maximum atomic E-state index is 11.6. The average molecular weight is 255 g/mol. The number of hydrogen-bond acceptors (Lipinski definition) is 1. The van der Waals surface area contributed by atoms with Crippen LogP contribution in [-0.2, 0) is 11.2 Å². The summed E-state index contributed by atoms with van der Waals surface area (Å²) in [6, 6.07) is 5.16. The smallest absolute Gasteiger partial charge is 0.137 e. The van der Waals surface area contributed by atoms with Crippen LogP contribution in [0.2, 0.25) is 10.0 Å². The van der Waals surface area contributed by atoms with Crippen molar-refractivity contribution in [1.29, 1.82) is 0 Å². The molecule has 0 unspecified atom stereocenters. The third kappa shape index (κ3) is 4.26. The molecule has 0 aliphatic carbocycles. The molecule has 0 saturated carbocycles. The van der Waals surface area contributed by atoms with Crippen LogP contribution in [0.15, 0.2) is 18.2 Å². The van der Waals surface area contributed by atoms with Crippen molar-refractivity contribution in [2.45, 2.75) is 25.7 Å². The topological polar surface area (TPSA) is 17.1 Å². The van der Waals surface area contributed by atoms with Gasteiger partial charge in [0.2, 0.25) is 0 Å². The van der Waals surface area contributed by atoms with Gasteiger partial charge in [-0.1, -0.05) is 29.3 Å². The first kappa shape index (κ1) is 13.1. The van der Waals surface area contributed by atoms with Gasteiger partial charge in [-0.15, -0.1) is 12.3 Å². The predicted molar refractivity (Wildman–Crippen MR) is 67.9 cm³/mol. The first-order valence-electron chi connectivity index (χ1n) is 5.02. The predicted octanol–water partition coefficient (Wildman–Crippen LogP) is 3.91. The molecule has 0 fully saturated rings. The molecule has 84 valence electrons. The Morgan fingerprint density at radius 3 is 2.75 bits per heavy atom. The zero-order valence-electron chi connectivity index (χ0n) is 8.80. The summed E-state index contributed by atoms with van der Waals surface area (Å²) in [6.07, 6.45) is 7.34. The fourth-order valence-electron chi connectivity index (χ4n) is 1.35. The van der Waals surface area contributed by atoms with Crippen molar-refractivity contribution in [1.82, 2.24) is 0 Å². The molecule has 0 bridgehead atoms. The summed E-state index contributed by atoms with van der Waals surface area (Å²) < 4.78 is 0. The number of carbonyl (C=O) groups is 1. The number of benzene rings is 1. The molecule has 0 N–H and O–H groups in total. The Labute approximate surface area is 106 Å². The molecular weight excluding hydrogens is 243 g/mol. The molecule has 0 atom stereocenters. The zero-order chi connectivity index (χ0) is 12.0. The lowest BCUT2D eigenvalue weighted by Crippen LogP contribution is -2.02. The molecule has 16 heavy (non-hydrogen) atoms. The van der Waals surface area contributed by atoms with E-state index in [0.29, 0.717) is 29.3 Å². The second-order valence-corrected chi connectivity index (χ2v) is 4.35. The van der Waals surface area contributed by atoms with E-state index in [1.54, 1.807) is 18.2 Å². The second kappa shape index (κ2) is 6.58. The maximum Gasteiger partial charge on any atom is 0.137 e. The highest BCUT2D eigenvalue weighted by Crippen LogP contribution is 2.21. The Hall–Kier alpha value is -0.970. The van der Waals surface area contributed by atoms with Crippen LogP contribution in [0.1, 0.15) is 24.8 Å². The van der Waals surface area contributed by atoms with Crippen LogP contribution in [0.25, 0.3) is 0 Å². The zero-order valence-corrected chi connectivity index (χ0v) is 10.3. The summed E-state index contributed by atoms with van der Waals surface area (Å²) >= 11 is 11.7. The number of rotatable bonds is 5. The molecule has 0 aromatic heterocycles. The number of hydrogen-bond donors (Lipinski definition) is 0. The van der Waals surface area contributed by atoms with Gasteiger partial charge in [-0.25, -0.2) is 0 Å². The van der Waals surface area contributed by atoms with Gasteiger partial charge in [0.05, 0.1) is 0 Å². The van der Waals surface area contributed by atoms with E-state index in [1.165, 1.54) is 0 Å². The van der Waals surface area contributed by atoms with E-state index in [0.717, 1.165) is 12.0 Å². The van der Waals surface area contributed by atoms with Gasteiger partial charge in [0, 0.05) is 29.3 Å². The molecule has 1 aromatic carbocycles. The van der Waals surface area contributed by atoms with Crippen LogP contribution in [0.5, 0.6) is 0 Å². The van der Waals surface area contributed by atoms with E-state index in [-0.39, 0.29) is 5.78 Å². The number of Topliss-reactive ketones (excluding diaryl/α,β-unsaturated/α-hetero) is 1. The van der Waals surface area contributed by atoms with Crippen molar-refractivity contribution < 1.29 is 4.79 Å². The van der Waals surface area contributed by atoms with Gasteiger partial charge in [-0.3, -0.25) is 4.79 Å². The fraction of sp³-hybridized carbons (Fsp3) is 0.308. The van der Waals surface area contributed by atoms with Crippen molar-refractivity contribution in [3.05, 3.63) is 33.8 Å². The highest BCUT2D eigenvalue weighted by atomic mass is 35.5. The average Bonchev–Trinajstić information content (AvgIpc) is 2.23. The monoisotopic (exact) mass is 254 g/mol. The number of halogens is 2. The van der Waals surface area contributed by atoms with E-state index < -0.39 is 0 Å². The molecule has 3 heteroatoms. The van der Waals surface area contributed by atoms with E-state index >= 15 is 0 Å². The molecule has 1 nitrogen and oxygen atoms in total. The van der Waals surface area contributed by atoms with Gasteiger partial charge in [0.1, 0.15) is 5.78 Å². The third-order valence-corrected chi connectivity index (χ3v) is 2.77. The van der Waals surface area contributed by atoms with Crippen LogP contribution < -0.4 is 0 Å². The van der Waals surface area contributed by atoms with Crippen LogP contribution in [0.4, 0.5) is 0 Å². The second-order valence-electron chi connectivity index (χ2n) is 3.51. The van der Waals surface area contributed by atoms with Crippen molar-refractivity contribution in [3.8, 4) is 12.3 Å². The normalized spacial score (nSPS) is 9.81. The van der Waals surface area contributed by atoms with Crippen LogP contribution in [0, 0.1) is 12.3 Å². The van der Waals surface area contributed by atoms with Gasteiger partial charge in [0.15, 0.2) is 0 Å². The number of terminal acetylenes is 1. The van der Waals surface area contributed by atoms with Gasteiger partial charge >= 0.3 is 0 Å². The number of carbonyl (C=O) groups excluding carboxylic acids is 1. The Kier molecular flexibility index (Phi) is 5.38. The minimum Gasteiger partial charge on any atom is -0.299 e. The van der Waals surface area contributed by atoms with Gasteiger partial charge in [-0.05, 0) is 24.1 Å². The van der Waals surface area contributed by atoms with E-state index in [2.05, 4.69) is 5.92 Å². The van der Waals surface area contributed by atoms with Crippen LogP contribution in [-0.4, -0.2) is 5.78 Å². The molecular formula is C13H12Cl2O.